The van der Waals surface area contributed by atoms with Crippen LogP contribution < -0.4 is 4.74 Å². The molecule has 0 amide bonds. The molecule has 2 bridgehead atoms. The molecule has 2 N–H and O–H groups in total. The van der Waals surface area contributed by atoms with Crippen LogP contribution in [0.4, 0.5) is 0 Å². The van der Waals surface area contributed by atoms with E-state index in [1.54, 1.807) is 7.11 Å². The van der Waals surface area contributed by atoms with Gasteiger partial charge in [-0.1, -0.05) is 20.3 Å². The zero-order valence-electron chi connectivity index (χ0n) is 16.5. The van der Waals surface area contributed by atoms with Crippen LogP contribution in [0.2, 0.25) is 0 Å². The fourth-order valence-corrected chi connectivity index (χ4v) is 5.19. The summed E-state index contributed by atoms with van der Waals surface area (Å²) in [6.45, 7) is 7.77. The second kappa shape index (κ2) is 6.90. The van der Waals surface area contributed by atoms with Crippen molar-refractivity contribution in [1.29, 1.82) is 0 Å². The highest BCUT2D eigenvalue weighted by molar-refractivity contribution is 5.86. The van der Waals surface area contributed by atoms with Gasteiger partial charge in [0.2, 0.25) is 0 Å². The van der Waals surface area contributed by atoms with E-state index in [2.05, 4.69) is 42.8 Å². The van der Waals surface area contributed by atoms with Crippen molar-refractivity contribution in [2.45, 2.75) is 64.6 Å². The molecule has 2 aromatic rings. The Labute approximate surface area is 156 Å². The number of benzene rings is 1. The van der Waals surface area contributed by atoms with E-state index in [0.717, 1.165) is 31.6 Å². The van der Waals surface area contributed by atoms with Gasteiger partial charge in [0, 0.05) is 35.1 Å². The van der Waals surface area contributed by atoms with Gasteiger partial charge in [0.15, 0.2) is 0 Å². The van der Waals surface area contributed by atoms with E-state index in [4.69, 9.17) is 4.74 Å². The Bertz CT molecular complexity index is 784. The third kappa shape index (κ3) is 2.84. The predicted molar refractivity (Wildman–Crippen MR) is 106 cm³/mol. The lowest BCUT2D eigenvalue weighted by Crippen LogP contribution is -2.53. The van der Waals surface area contributed by atoms with Crippen molar-refractivity contribution in [2.24, 2.45) is 11.8 Å². The Morgan fingerprint density at radius 3 is 2.92 bits per heavy atom. The summed E-state index contributed by atoms with van der Waals surface area (Å²) in [6, 6.07) is 6.70. The number of hydrogen-bond donors (Lipinski definition) is 2. The average molecular weight is 357 g/mol. The van der Waals surface area contributed by atoms with Crippen LogP contribution >= 0.6 is 0 Å². The van der Waals surface area contributed by atoms with E-state index in [9.17, 15) is 5.11 Å². The molecule has 1 aromatic heterocycles. The molecular formula is C22H32N2O2. The zero-order valence-corrected chi connectivity index (χ0v) is 16.5. The SMILES string of the molecule is CCC(C)CC1CC2c3[nH]c4ccc(OC)cc4c3CCN(C2C)C1O. The van der Waals surface area contributed by atoms with Crippen molar-refractivity contribution in [1.82, 2.24) is 9.88 Å². The van der Waals surface area contributed by atoms with Gasteiger partial charge in [-0.05, 0) is 61.8 Å². The number of fused-ring (bicyclic) bond motifs is 6. The first kappa shape index (κ1) is 17.9. The Hall–Kier alpha value is -1.52. The van der Waals surface area contributed by atoms with Gasteiger partial charge < -0.3 is 14.8 Å². The number of H-pyrrole nitrogens is 1. The highest BCUT2D eigenvalue weighted by atomic mass is 16.5. The lowest BCUT2D eigenvalue weighted by Gasteiger charge is -2.46. The van der Waals surface area contributed by atoms with E-state index >= 15 is 0 Å². The molecule has 3 heterocycles. The van der Waals surface area contributed by atoms with E-state index in [1.165, 1.54) is 28.6 Å². The van der Waals surface area contributed by atoms with Crippen molar-refractivity contribution in [3.63, 3.8) is 0 Å². The van der Waals surface area contributed by atoms with Crippen LogP contribution in [0.3, 0.4) is 0 Å². The van der Waals surface area contributed by atoms with Crippen LogP contribution in [0, 0.1) is 11.8 Å². The van der Waals surface area contributed by atoms with Crippen molar-refractivity contribution in [2.75, 3.05) is 13.7 Å². The highest BCUT2D eigenvalue weighted by Crippen LogP contribution is 2.45. The molecule has 0 aliphatic carbocycles. The normalized spacial score (nSPS) is 32.1. The van der Waals surface area contributed by atoms with Crippen LogP contribution in [0.15, 0.2) is 18.2 Å². The standard InChI is InChI=1S/C22H32N2O2/c1-5-13(2)10-15-11-18-14(3)24(22(15)25)9-8-17-19-12-16(26-4)6-7-20(19)23-21(17)18/h6-7,12-15,18,22-23,25H,5,8-11H2,1-4H3. The summed E-state index contributed by atoms with van der Waals surface area (Å²) in [5, 5.41) is 12.3. The average Bonchev–Trinajstić information content (AvgIpc) is 2.96. The lowest BCUT2D eigenvalue weighted by molar-refractivity contribution is -0.101. The molecule has 1 fully saturated rings. The maximum absolute atomic E-state index is 11.0. The first-order valence-electron chi connectivity index (χ1n) is 10.2. The summed E-state index contributed by atoms with van der Waals surface area (Å²) in [5.74, 6) is 2.40. The Kier molecular flexibility index (Phi) is 4.74. The largest absolute Gasteiger partial charge is 0.497 e. The molecule has 26 heavy (non-hydrogen) atoms. The first-order valence-corrected chi connectivity index (χ1v) is 10.2. The van der Waals surface area contributed by atoms with Gasteiger partial charge in [-0.3, -0.25) is 4.90 Å². The van der Waals surface area contributed by atoms with E-state index in [1.807, 2.05) is 6.07 Å². The second-order valence-corrected chi connectivity index (χ2v) is 8.42. The van der Waals surface area contributed by atoms with Gasteiger partial charge >= 0.3 is 0 Å². The summed E-state index contributed by atoms with van der Waals surface area (Å²) in [5.41, 5.74) is 4.03. The van der Waals surface area contributed by atoms with E-state index in [0.29, 0.717) is 23.8 Å². The molecule has 2 aliphatic heterocycles. The molecule has 1 aromatic carbocycles. The number of methoxy groups -OCH3 is 1. The molecular weight excluding hydrogens is 324 g/mol. The number of ether oxygens (including phenoxy) is 1. The smallest absolute Gasteiger partial charge is 0.119 e. The molecule has 6 unspecified atom stereocenters. The summed E-state index contributed by atoms with van der Waals surface area (Å²) in [4.78, 5) is 6.08. The number of nitrogens with zero attached hydrogens (tertiary/aromatic N) is 1. The van der Waals surface area contributed by atoms with Crippen LogP contribution in [-0.2, 0) is 6.42 Å². The van der Waals surface area contributed by atoms with Crippen molar-refractivity contribution < 1.29 is 9.84 Å². The molecule has 6 atom stereocenters. The van der Waals surface area contributed by atoms with Crippen LogP contribution in [0.1, 0.15) is 57.2 Å². The fourth-order valence-electron chi connectivity index (χ4n) is 5.19. The van der Waals surface area contributed by atoms with Gasteiger partial charge in [-0.25, -0.2) is 0 Å². The molecule has 142 valence electrons. The minimum atomic E-state index is -0.306. The number of aromatic amines is 1. The van der Waals surface area contributed by atoms with Gasteiger partial charge in [0.05, 0.1) is 7.11 Å². The highest BCUT2D eigenvalue weighted by Gasteiger charge is 2.43. The molecule has 4 rings (SSSR count). The Morgan fingerprint density at radius 1 is 1.38 bits per heavy atom. The van der Waals surface area contributed by atoms with Crippen molar-refractivity contribution >= 4 is 10.9 Å². The minimum absolute atomic E-state index is 0.306. The monoisotopic (exact) mass is 356 g/mol. The summed E-state index contributed by atoms with van der Waals surface area (Å²) >= 11 is 0. The molecule has 4 heteroatoms. The van der Waals surface area contributed by atoms with E-state index in [-0.39, 0.29) is 6.23 Å². The maximum atomic E-state index is 11.0. The fraction of sp³-hybridized carbons (Fsp3) is 0.636. The molecule has 2 aliphatic rings. The van der Waals surface area contributed by atoms with Crippen LogP contribution in [0.5, 0.6) is 5.75 Å². The third-order valence-corrected chi connectivity index (χ3v) is 6.96. The molecule has 1 saturated heterocycles. The quantitative estimate of drug-likeness (QED) is 0.859. The third-order valence-electron chi connectivity index (χ3n) is 6.96. The Morgan fingerprint density at radius 2 is 2.19 bits per heavy atom. The number of aliphatic hydroxyl groups excluding tert-OH is 1. The summed E-state index contributed by atoms with van der Waals surface area (Å²) in [6.07, 6.45) is 4.04. The number of nitrogens with one attached hydrogen (secondary N) is 1. The number of rotatable bonds is 4. The number of aliphatic hydroxyl groups is 1. The van der Waals surface area contributed by atoms with E-state index < -0.39 is 0 Å². The molecule has 0 saturated carbocycles. The maximum Gasteiger partial charge on any atom is 0.119 e. The number of piperidine rings is 1. The molecule has 0 radical (unpaired) electrons. The lowest BCUT2D eigenvalue weighted by atomic mass is 9.77. The first-order chi connectivity index (χ1) is 12.5. The Balaban J connectivity index is 1.74. The minimum Gasteiger partial charge on any atom is -0.497 e. The van der Waals surface area contributed by atoms with Crippen molar-refractivity contribution in [3.05, 3.63) is 29.5 Å². The van der Waals surface area contributed by atoms with Gasteiger partial charge in [0.25, 0.3) is 0 Å². The molecule has 4 nitrogen and oxygen atoms in total. The summed E-state index contributed by atoms with van der Waals surface area (Å²) in [7, 11) is 1.73. The second-order valence-electron chi connectivity index (χ2n) is 8.42. The zero-order chi connectivity index (χ0) is 18.4. The number of hydrogen-bond acceptors (Lipinski definition) is 3. The molecule has 0 spiro atoms. The van der Waals surface area contributed by atoms with Crippen LogP contribution in [0.25, 0.3) is 10.9 Å². The van der Waals surface area contributed by atoms with Gasteiger partial charge in [-0.15, -0.1) is 0 Å². The summed E-state index contributed by atoms with van der Waals surface area (Å²) < 4.78 is 5.45. The van der Waals surface area contributed by atoms with Crippen molar-refractivity contribution in [3.8, 4) is 5.75 Å². The predicted octanol–water partition coefficient (Wildman–Crippen LogP) is 4.28. The topological polar surface area (TPSA) is 48.5 Å². The van der Waals surface area contributed by atoms with Crippen LogP contribution in [-0.4, -0.2) is 40.9 Å². The van der Waals surface area contributed by atoms with Gasteiger partial charge in [-0.2, -0.15) is 0 Å². The van der Waals surface area contributed by atoms with Gasteiger partial charge in [0.1, 0.15) is 12.0 Å². The number of aromatic nitrogens is 1.